The Morgan fingerprint density at radius 2 is 1.14 bits per heavy atom. The van der Waals surface area contributed by atoms with Crippen molar-refractivity contribution in [2.24, 2.45) is 0 Å². The van der Waals surface area contributed by atoms with Gasteiger partial charge < -0.3 is 9.47 Å². The van der Waals surface area contributed by atoms with E-state index in [0.29, 0.717) is 6.79 Å². The van der Waals surface area contributed by atoms with E-state index in [4.69, 9.17) is 15.9 Å². The smallest absolute Gasteiger partial charge is 0.146 e. The molecule has 0 heterocycles. The van der Waals surface area contributed by atoms with Crippen molar-refractivity contribution in [3.63, 3.8) is 0 Å². The van der Waals surface area contributed by atoms with Crippen LogP contribution in [0.25, 0.3) is 0 Å². The van der Waals surface area contributed by atoms with Crippen molar-refractivity contribution in [1.82, 2.24) is 0 Å². The summed E-state index contributed by atoms with van der Waals surface area (Å²) in [5, 5.41) is 0. The van der Waals surface area contributed by atoms with E-state index in [-0.39, 0.29) is 0 Å². The van der Waals surface area contributed by atoms with Crippen molar-refractivity contribution < 1.29 is 9.47 Å². The van der Waals surface area contributed by atoms with E-state index >= 15 is 0 Å². The van der Waals surface area contributed by atoms with Crippen LogP contribution in [0.3, 0.4) is 0 Å². The van der Waals surface area contributed by atoms with E-state index in [9.17, 15) is 0 Å². The van der Waals surface area contributed by atoms with Crippen molar-refractivity contribution in [2.45, 2.75) is 90.4 Å². The average Bonchev–Trinajstić information content (AvgIpc) is 2.50. The fourth-order valence-corrected chi connectivity index (χ4v) is 2.30. The van der Waals surface area contributed by atoms with Gasteiger partial charge >= 0.3 is 0 Å². The molecule has 0 rings (SSSR count). The summed E-state index contributed by atoms with van der Waals surface area (Å²) in [5.41, 5.74) is 0. The molecular formula is C19H36O2. The zero-order chi connectivity index (χ0) is 15.4. The molecule has 0 aromatic carbocycles. The lowest BCUT2D eigenvalue weighted by Gasteiger charge is -2.06. The van der Waals surface area contributed by atoms with Crippen LogP contribution in [0, 0.1) is 12.3 Å². The number of unbranched alkanes of at least 4 members (excludes halogenated alkanes) is 11. The van der Waals surface area contributed by atoms with Crippen molar-refractivity contribution >= 4 is 0 Å². The quantitative estimate of drug-likeness (QED) is 0.195. The maximum absolute atomic E-state index is 5.48. The van der Waals surface area contributed by atoms with Crippen molar-refractivity contribution in [3.8, 4) is 12.3 Å². The SMILES string of the molecule is C#CCCCCCCCOCOCCCCCCCCC. The standard InChI is InChI=1S/C19H36O2/c1-3-5-7-9-11-13-15-17-20-19-21-18-16-14-12-10-8-6-4-2/h1H,4-19H2,2H3. The summed E-state index contributed by atoms with van der Waals surface area (Å²) in [6.07, 6.45) is 21.5. The molecular weight excluding hydrogens is 260 g/mol. The lowest BCUT2D eigenvalue weighted by Crippen LogP contribution is -2.03. The molecule has 0 fully saturated rings. The second-order valence-corrected chi connectivity index (χ2v) is 5.78. The summed E-state index contributed by atoms with van der Waals surface area (Å²) in [6.45, 7) is 4.40. The second-order valence-electron chi connectivity index (χ2n) is 5.78. The van der Waals surface area contributed by atoms with Gasteiger partial charge in [0.05, 0.1) is 0 Å². The Morgan fingerprint density at radius 3 is 1.67 bits per heavy atom. The minimum atomic E-state index is 0.465. The molecule has 0 saturated carbocycles. The van der Waals surface area contributed by atoms with E-state index in [1.54, 1.807) is 0 Å². The summed E-state index contributed by atoms with van der Waals surface area (Å²) < 4.78 is 10.9. The maximum Gasteiger partial charge on any atom is 0.146 e. The molecule has 2 heteroatoms. The molecule has 0 aromatic heterocycles. The molecule has 124 valence electrons. The highest BCUT2D eigenvalue weighted by atomic mass is 16.7. The van der Waals surface area contributed by atoms with Crippen LogP contribution in [0.4, 0.5) is 0 Å². The van der Waals surface area contributed by atoms with Crippen LogP contribution >= 0.6 is 0 Å². The van der Waals surface area contributed by atoms with Gasteiger partial charge in [0.15, 0.2) is 0 Å². The Labute approximate surface area is 133 Å². The van der Waals surface area contributed by atoms with Gasteiger partial charge in [-0.25, -0.2) is 0 Å². The Hall–Kier alpha value is -0.520. The van der Waals surface area contributed by atoms with Crippen LogP contribution in [0.1, 0.15) is 90.4 Å². The van der Waals surface area contributed by atoms with Crippen LogP contribution < -0.4 is 0 Å². The van der Waals surface area contributed by atoms with Gasteiger partial charge in [-0.3, -0.25) is 0 Å². The summed E-state index contributed by atoms with van der Waals surface area (Å²) in [7, 11) is 0. The number of terminal acetylenes is 1. The molecule has 0 aliphatic rings. The summed E-state index contributed by atoms with van der Waals surface area (Å²) in [4.78, 5) is 0. The Kier molecular flexibility index (Phi) is 19.0. The molecule has 0 aliphatic carbocycles. The van der Waals surface area contributed by atoms with Gasteiger partial charge in [-0.15, -0.1) is 12.3 Å². The zero-order valence-corrected chi connectivity index (χ0v) is 14.2. The fourth-order valence-electron chi connectivity index (χ4n) is 2.30. The normalized spacial score (nSPS) is 10.7. The first-order chi connectivity index (χ1) is 10.4. The Bertz CT molecular complexity index is 220. The number of hydrogen-bond acceptors (Lipinski definition) is 2. The summed E-state index contributed by atoms with van der Waals surface area (Å²) in [5.74, 6) is 2.68. The van der Waals surface area contributed by atoms with E-state index in [1.807, 2.05) is 0 Å². The predicted octanol–water partition coefficient (Wildman–Crippen LogP) is 5.70. The van der Waals surface area contributed by atoms with Crippen LogP contribution in [-0.4, -0.2) is 20.0 Å². The molecule has 0 aliphatic heterocycles. The second kappa shape index (κ2) is 19.5. The molecule has 0 amide bonds. The van der Waals surface area contributed by atoms with Gasteiger partial charge in [0.2, 0.25) is 0 Å². The summed E-state index contributed by atoms with van der Waals surface area (Å²) in [6, 6.07) is 0. The minimum Gasteiger partial charge on any atom is -0.355 e. The molecule has 0 atom stereocenters. The van der Waals surface area contributed by atoms with Crippen LogP contribution in [0.2, 0.25) is 0 Å². The van der Waals surface area contributed by atoms with Gasteiger partial charge in [-0.2, -0.15) is 0 Å². The highest BCUT2D eigenvalue weighted by molar-refractivity contribution is 4.82. The Morgan fingerprint density at radius 1 is 0.667 bits per heavy atom. The van der Waals surface area contributed by atoms with E-state index in [0.717, 1.165) is 26.1 Å². The first-order valence-corrected chi connectivity index (χ1v) is 9.00. The van der Waals surface area contributed by atoms with Gasteiger partial charge in [0.1, 0.15) is 6.79 Å². The van der Waals surface area contributed by atoms with Crippen LogP contribution in [0.5, 0.6) is 0 Å². The van der Waals surface area contributed by atoms with Gasteiger partial charge in [-0.1, -0.05) is 64.7 Å². The minimum absolute atomic E-state index is 0.465. The van der Waals surface area contributed by atoms with E-state index in [1.165, 1.54) is 70.6 Å². The molecule has 0 radical (unpaired) electrons. The van der Waals surface area contributed by atoms with E-state index < -0.39 is 0 Å². The van der Waals surface area contributed by atoms with Crippen molar-refractivity contribution in [3.05, 3.63) is 0 Å². The highest BCUT2D eigenvalue weighted by Crippen LogP contribution is 2.07. The van der Waals surface area contributed by atoms with E-state index in [2.05, 4.69) is 12.8 Å². The lowest BCUT2D eigenvalue weighted by atomic mass is 10.1. The van der Waals surface area contributed by atoms with Crippen LogP contribution in [-0.2, 0) is 9.47 Å². The first kappa shape index (κ1) is 20.5. The summed E-state index contributed by atoms with van der Waals surface area (Å²) >= 11 is 0. The molecule has 2 nitrogen and oxygen atoms in total. The lowest BCUT2D eigenvalue weighted by molar-refractivity contribution is -0.0556. The molecule has 0 N–H and O–H groups in total. The third-order valence-corrected chi connectivity index (χ3v) is 3.67. The molecule has 0 spiro atoms. The molecule has 0 aromatic rings. The first-order valence-electron chi connectivity index (χ1n) is 9.00. The predicted molar refractivity (Wildman–Crippen MR) is 91.3 cm³/mol. The zero-order valence-electron chi connectivity index (χ0n) is 14.2. The van der Waals surface area contributed by atoms with Crippen molar-refractivity contribution in [2.75, 3.05) is 20.0 Å². The highest BCUT2D eigenvalue weighted by Gasteiger charge is 1.93. The van der Waals surface area contributed by atoms with Gasteiger partial charge in [-0.05, 0) is 19.3 Å². The number of ether oxygens (including phenoxy) is 2. The molecule has 21 heavy (non-hydrogen) atoms. The molecule has 0 bridgehead atoms. The Balaban J connectivity index is 2.92. The fraction of sp³-hybridized carbons (Fsp3) is 0.895. The van der Waals surface area contributed by atoms with Crippen LogP contribution in [0.15, 0.2) is 0 Å². The van der Waals surface area contributed by atoms with Gasteiger partial charge in [0.25, 0.3) is 0 Å². The largest absolute Gasteiger partial charge is 0.355 e. The third-order valence-electron chi connectivity index (χ3n) is 3.67. The van der Waals surface area contributed by atoms with Gasteiger partial charge in [0, 0.05) is 19.6 Å². The third kappa shape index (κ3) is 19.5. The van der Waals surface area contributed by atoms with Crippen molar-refractivity contribution in [1.29, 1.82) is 0 Å². The molecule has 0 unspecified atom stereocenters. The topological polar surface area (TPSA) is 18.5 Å². The average molecular weight is 296 g/mol. The monoisotopic (exact) mass is 296 g/mol. The molecule has 0 saturated heterocycles. The number of hydrogen-bond donors (Lipinski definition) is 0. The maximum atomic E-state index is 5.48. The number of rotatable bonds is 17.